The lowest BCUT2D eigenvalue weighted by Crippen LogP contribution is -2.47. The molecule has 0 radical (unpaired) electrons. The van der Waals surface area contributed by atoms with E-state index in [0.29, 0.717) is 18.9 Å². The molecule has 0 saturated carbocycles. The van der Waals surface area contributed by atoms with Crippen molar-refractivity contribution in [3.8, 4) is 0 Å². The number of aryl methyl sites for hydroxylation is 2. The average molecular weight is 519 g/mol. The van der Waals surface area contributed by atoms with Gasteiger partial charge in [0.05, 0.1) is 22.5 Å². The first-order chi connectivity index (χ1) is 16.6. The van der Waals surface area contributed by atoms with Crippen molar-refractivity contribution in [1.82, 2.24) is 14.1 Å². The molecule has 1 atom stereocenters. The van der Waals surface area contributed by atoms with E-state index in [1.165, 1.54) is 4.31 Å². The molecule has 2 aromatic rings. The van der Waals surface area contributed by atoms with Crippen molar-refractivity contribution in [2.75, 3.05) is 32.7 Å². The molecular formula is C25H34N4O4S2. The molecule has 190 valence electrons. The summed E-state index contributed by atoms with van der Waals surface area (Å²) in [6.07, 6.45) is 2.72. The van der Waals surface area contributed by atoms with Crippen LogP contribution in [0.5, 0.6) is 0 Å². The van der Waals surface area contributed by atoms with Crippen molar-refractivity contribution in [2.45, 2.75) is 56.0 Å². The number of hydrogen-bond donors (Lipinski definition) is 0. The molecule has 0 spiro atoms. The second kappa shape index (κ2) is 10.4. The Labute approximate surface area is 209 Å². The molecule has 1 unspecified atom stereocenters. The van der Waals surface area contributed by atoms with Crippen LogP contribution < -0.4 is 0 Å². The van der Waals surface area contributed by atoms with Crippen LogP contribution in [0, 0.1) is 13.8 Å². The number of sulfonamides is 2. The lowest BCUT2D eigenvalue weighted by atomic mass is 10.1. The number of nitrogens with zero attached hydrogens (tertiary/aromatic N) is 4. The number of likely N-dealkylation sites (tertiary alicyclic amines) is 1. The summed E-state index contributed by atoms with van der Waals surface area (Å²) in [5.41, 5.74) is 1.95. The fraction of sp³-hybridized carbons (Fsp3) is 0.480. The smallest absolute Gasteiger partial charge is 0.283 e. The lowest BCUT2D eigenvalue weighted by molar-refractivity contribution is 0.239. The van der Waals surface area contributed by atoms with Crippen molar-refractivity contribution in [1.29, 1.82) is 0 Å². The Hall–Kier alpha value is -2.27. The average Bonchev–Trinajstić information content (AvgIpc) is 3.22. The van der Waals surface area contributed by atoms with Gasteiger partial charge in [-0.25, -0.2) is 8.42 Å². The van der Waals surface area contributed by atoms with Crippen molar-refractivity contribution < 1.29 is 16.8 Å². The second-order valence-corrected chi connectivity index (χ2v) is 12.9. The molecule has 35 heavy (non-hydrogen) atoms. The van der Waals surface area contributed by atoms with Crippen molar-refractivity contribution in [3.63, 3.8) is 0 Å². The number of hydrogen-bond acceptors (Lipinski definition) is 5. The Morgan fingerprint density at radius 1 is 0.800 bits per heavy atom. The van der Waals surface area contributed by atoms with Gasteiger partial charge in [-0.15, -0.1) is 4.40 Å². The van der Waals surface area contributed by atoms with Crippen LogP contribution in [0.2, 0.25) is 0 Å². The Kier molecular flexibility index (Phi) is 7.65. The van der Waals surface area contributed by atoms with Crippen LogP contribution in [-0.4, -0.2) is 75.7 Å². The normalized spacial score (nSPS) is 20.9. The third-order valence-electron chi connectivity index (χ3n) is 6.75. The molecule has 0 N–H and O–H groups in total. The van der Waals surface area contributed by atoms with Crippen molar-refractivity contribution in [3.05, 3.63) is 59.7 Å². The van der Waals surface area contributed by atoms with Gasteiger partial charge in [0, 0.05) is 13.1 Å². The Morgan fingerprint density at radius 2 is 1.34 bits per heavy atom. The van der Waals surface area contributed by atoms with Gasteiger partial charge in [0.15, 0.2) is 0 Å². The molecule has 2 heterocycles. The Balaban J connectivity index is 1.66. The zero-order valence-electron chi connectivity index (χ0n) is 20.6. The molecule has 0 amide bonds. The maximum absolute atomic E-state index is 13.4. The van der Waals surface area contributed by atoms with Gasteiger partial charge in [0.25, 0.3) is 10.0 Å². The molecule has 2 fully saturated rings. The van der Waals surface area contributed by atoms with Gasteiger partial charge in [0.2, 0.25) is 10.0 Å². The summed E-state index contributed by atoms with van der Waals surface area (Å²) in [7, 11) is -7.68. The van der Waals surface area contributed by atoms with E-state index in [1.807, 2.05) is 18.7 Å². The van der Waals surface area contributed by atoms with Crippen LogP contribution >= 0.6 is 0 Å². The van der Waals surface area contributed by atoms with Gasteiger partial charge in [-0.2, -0.15) is 12.7 Å². The Morgan fingerprint density at radius 3 is 1.91 bits per heavy atom. The SMILES string of the molecule is Cc1ccc(S(=O)(=O)N=C(CN2CCCCC2)N2CCN(S(=O)(=O)c3ccc(C)cc3)C2C)cc1. The van der Waals surface area contributed by atoms with Gasteiger partial charge in [-0.1, -0.05) is 41.8 Å². The highest BCUT2D eigenvalue weighted by Gasteiger charge is 2.39. The van der Waals surface area contributed by atoms with Gasteiger partial charge >= 0.3 is 0 Å². The molecule has 2 aliphatic rings. The maximum atomic E-state index is 13.4. The summed E-state index contributed by atoms with van der Waals surface area (Å²) >= 11 is 0. The minimum absolute atomic E-state index is 0.134. The van der Waals surface area contributed by atoms with E-state index >= 15 is 0 Å². The van der Waals surface area contributed by atoms with E-state index < -0.39 is 26.2 Å². The van der Waals surface area contributed by atoms with Gasteiger partial charge in [0.1, 0.15) is 5.84 Å². The zero-order valence-corrected chi connectivity index (χ0v) is 22.2. The van der Waals surface area contributed by atoms with E-state index in [2.05, 4.69) is 9.30 Å². The lowest BCUT2D eigenvalue weighted by Gasteiger charge is -2.33. The molecule has 2 saturated heterocycles. The largest absolute Gasteiger partial charge is 0.340 e. The minimum atomic E-state index is -3.95. The van der Waals surface area contributed by atoms with Crippen LogP contribution in [0.4, 0.5) is 0 Å². The number of rotatable bonds is 6. The zero-order chi connectivity index (χ0) is 25.2. The van der Waals surface area contributed by atoms with E-state index in [9.17, 15) is 16.8 Å². The molecule has 2 aromatic carbocycles. The quantitative estimate of drug-likeness (QED) is 0.431. The highest BCUT2D eigenvalue weighted by molar-refractivity contribution is 7.90. The van der Waals surface area contributed by atoms with Crippen LogP contribution in [-0.2, 0) is 20.0 Å². The third kappa shape index (κ3) is 5.77. The summed E-state index contributed by atoms with van der Waals surface area (Å²) in [5, 5.41) is 0. The molecule has 0 aromatic heterocycles. The minimum Gasteiger partial charge on any atom is -0.340 e. The highest BCUT2D eigenvalue weighted by atomic mass is 32.2. The molecule has 0 aliphatic carbocycles. The molecule has 10 heteroatoms. The fourth-order valence-corrected chi connectivity index (χ4v) is 7.25. The number of amidine groups is 1. The summed E-state index contributed by atoms with van der Waals surface area (Å²) in [6, 6.07) is 13.4. The topological polar surface area (TPSA) is 90.4 Å². The maximum Gasteiger partial charge on any atom is 0.283 e. The monoisotopic (exact) mass is 518 g/mol. The fourth-order valence-electron chi connectivity index (χ4n) is 4.64. The first-order valence-corrected chi connectivity index (χ1v) is 14.9. The van der Waals surface area contributed by atoms with E-state index in [-0.39, 0.29) is 16.3 Å². The summed E-state index contributed by atoms with van der Waals surface area (Å²) in [6.45, 7) is 8.36. The van der Waals surface area contributed by atoms with E-state index in [0.717, 1.165) is 43.5 Å². The third-order valence-corrected chi connectivity index (χ3v) is 10.0. The number of benzene rings is 2. The number of piperidine rings is 1. The van der Waals surface area contributed by atoms with Crippen LogP contribution in [0.15, 0.2) is 62.7 Å². The Bertz CT molecular complexity index is 1270. The summed E-state index contributed by atoms with van der Waals surface area (Å²) in [4.78, 5) is 4.40. The van der Waals surface area contributed by atoms with Crippen LogP contribution in [0.3, 0.4) is 0 Å². The molecular weight excluding hydrogens is 484 g/mol. The second-order valence-electron chi connectivity index (χ2n) is 9.39. The van der Waals surface area contributed by atoms with E-state index in [1.54, 1.807) is 55.5 Å². The predicted molar refractivity (Wildman–Crippen MR) is 137 cm³/mol. The molecule has 4 rings (SSSR count). The van der Waals surface area contributed by atoms with Crippen molar-refractivity contribution in [2.24, 2.45) is 4.40 Å². The standard InChI is InChI=1S/C25H34N4O4S2/c1-20-7-11-23(12-8-20)34(30,31)26-25(19-27-15-5-4-6-16-27)28-17-18-29(22(28)3)35(32,33)24-13-9-21(2)10-14-24/h7-14,22H,4-6,15-19H2,1-3H3. The van der Waals surface area contributed by atoms with E-state index in [4.69, 9.17) is 0 Å². The molecule has 8 nitrogen and oxygen atoms in total. The van der Waals surface area contributed by atoms with Crippen molar-refractivity contribution >= 4 is 25.9 Å². The van der Waals surface area contributed by atoms with Crippen LogP contribution in [0.25, 0.3) is 0 Å². The highest BCUT2D eigenvalue weighted by Crippen LogP contribution is 2.26. The predicted octanol–water partition coefficient (Wildman–Crippen LogP) is 3.23. The summed E-state index contributed by atoms with van der Waals surface area (Å²) < 4.78 is 58.9. The van der Waals surface area contributed by atoms with Gasteiger partial charge < -0.3 is 4.90 Å². The first-order valence-electron chi connectivity index (χ1n) is 12.1. The molecule has 2 aliphatic heterocycles. The summed E-state index contributed by atoms with van der Waals surface area (Å²) in [5.74, 6) is 0.390. The first kappa shape index (κ1) is 25.8. The molecule has 0 bridgehead atoms. The van der Waals surface area contributed by atoms with Gasteiger partial charge in [-0.05, 0) is 71.0 Å². The van der Waals surface area contributed by atoms with Crippen LogP contribution in [0.1, 0.15) is 37.3 Å². The van der Waals surface area contributed by atoms with Gasteiger partial charge in [-0.3, -0.25) is 4.90 Å².